The fourth-order valence-corrected chi connectivity index (χ4v) is 5.21. The Morgan fingerprint density at radius 3 is 2.46 bits per heavy atom. The number of amides is 1. The molecule has 35 heavy (non-hydrogen) atoms. The van der Waals surface area contributed by atoms with Crippen LogP contribution in [0.2, 0.25) is 5.02 Å². The minimum atomic E-state index is -3.94. The molecule has 1 aromatic heterocycles. The van der Waals surface area contributed by atoms with Crippen LogP contribution in [0.4, 0.5) is 11.7 Å². The molecule has 4 aromatic rings. The number of carbonyl (C=O) groups excluding carboxylic acids is 1. The molecule has 0 aliphatic heterocycles. The van der Waals surface area contributed by atoms with Crippen LogP contribution in [-0.2, 0) is 22.9 Å². The predicted molar refractivity (Wildman–Crippen MR) is 133 cm³/mol. The Morgan fingerprint density at radius 1 is 0.914 bits per heavy atom. The van der Waals surface area contributed by atoms with Crippen molar-refractivity contribution in [1.82, 2.24) is 10.2 Å². The van der Waals surface area contributed by atoms with Gasteiger partial charge in [0.1, 0.15) is 0 Å². The average molecular weight is 509 g/mol. The molecule has 0 saturated heterocycles. The number of hydrogen-bond donors (Lipinski definition) is 2. The van der Waals surface area contributed by atoms with Crippen LogP contribution < -0.4 is 10.0 Å². The zero-order valence-corrected chi connectivity index (χ0v) is 20.1. The zero-order chi connectivity index (χ0) is 24.4. The van der Waals surface area contributed by atoms with Gasteiger partial charge in [0.15, 0.2) is 0 Å². The van der Waals surface area contributed by atoms with E-state index in [1.807, 2.05) is 6.07 Å². The van der Waals surface area contributed by atoms with Crippen molar-refractivity contribution < 1.29 is 17.6 Å². The second-order valence-corrected chi connectivity index (χ2v) is 10.3. The van der Waals surface area contributed by atoms with Crippen molar-refractivity contribution in [2.45, 2.75) is 30.6 Å². The standard InChI is InChI=1S/C25H21ClN4O4S/c26-19-11-13-20(14-12-19)35(32,33)30-22-8-4-3-7-21(22)23(31)27-25-29-28-24(34-25)18-10-9-16-5-1-2-6-17(16)15-18/h3-4,7-15,30H,1-2,5-6H2,(H,27,29,31). The van der Waals surface area contributed by atoms with Crippen molar-refractivity contribution in [3.63, 3.8) is 0 Å². The zero-order valence-electron chi connectivity index (χ0n) is 18.5. The first-order valence-electron chi connectivity index (χ1n) is 11.0. The maximum absolute atomic E-state index is 12.9. The van der Waals surface area contributed by atoms with Gasteiger partial charge in [0.05, 0.1) is 16.1 Å². The maximum atomic E-state index is 12.9. The topological polar surface area (TPSA) is 114 Å². The molecule has 178 valence electrons. The minimum Gasteiger partial charge on any atom is -0.403 e. The number of anilines is 2. The number of rotatable bonds is 6. The van der Waals surface area contributed by atoms with Gasteiger partial charge in [-0.05, 0) is 85.3 Å². The lowest BCUT2D eigenvalue weighted by Gasteiger charge is -2.15. The van der Waals surface area contributed by atoms with E-state index in [0.29, 0.717) is 10.9 Å². The molecule has 8 nitrogen and oxygen atoms in total. The molecule has 0 atom stereocenters. The molecule has 2 N–H and O–H groups in total. The third-order valence-corrected chi connectivity index (χ3v) is 7.41. The summed E-state index contributed by atoms with van der Waals surface area (Å²) in [5.74, 6) is -0.301. The van der Waals surface area contributed by atoms with Gasteiger partial charge in [-0.3, -0.25) is 14.8 Å². The highest BCUT2D eigenvalue weighted by molar-refractivity contribution is 7.92. The monoisotopic (exact) mass is 508 g/mol. The number of halogens is 1. The van der Waals surface area contributed by atoms with Crippen LogP contribution in [0.1, 0.15) is 34.3 Å². The number of benzene rings is 3. The number of para-hydroxylation sites is 1. The van der Waals surface area contributed by atoms with Gasteiger partial charge < -0.3 is 4.42 Å². The number of fused-ring (bicyclic) bond motifs is 1. The largest absolute Gasteiger partial charge is 0.403 e. The molecular formula is C25H21ClN4O4S. The number of sulfonamides is 1. The summed E-state index contributed by atoms with van der Waals surface area (Å²) in [5.41, 5.74) is 3.60. The van der Waals surface area contributed by atoms with Crippen LogP contribution in [0.25, 0.3) is 11.5 Å². The van der Waals surface area contributed by atoms with E-state index in [2.05, 4.69) is 32.4 Å². The van der Waals surface area contributed by atoms with Gasteiger partial charge in [-0.1, -0.05) is 34.9 Å². The molecule has 3 aromatic carbocycles. The van der Waals surface area contributed by atoms with Gasteiger partial charge in [-0.2, -0.15) is 0 Å². The van der Waals surface area contributed by atoms with Gasteiger partial charge in [0.25, 0.3) is 15.9 Å². The molecule has 1 amide bonds. The number of aromatic nitrogens is 2. The van der Waals surface area contributed by atoms with Crippen LogP contribution in [0.5, 0.6) is 0 Å². The molecule has 0 spiro atoms. The summed E-state index contributed by atoms with van der Waals surface area (Å²) in [4.78, 5) is 13.0. The minimum absolute atomic E-state index is 0.0173. The molecule has 10 heteroatoms. The molecular weight excluding hydrogens is 488 g/mol. The third-order valence-electron chi connectivity index (χ3n) is 5.78. The summed E-state index contributed by atoms with van der Waals surface area (Å²) < 4.78 is 33.7. The number of nitrogens with zero attached hydrogens (tertiary/aromatic N) is 2. The van der Waals surface area contributed by atoms with Crippen LogP contribution in [0.15, 0.2) is 76.0 Å². The van der Waals surface area contributed by atoms with Crippen LogP contribution in [0, 0.1) is 0 Å². The Balaban J connectivity index is 1.34. The van der Waals surface area contributed by atoms with E-state index in [9.17, 15) is 13.2 Å². The summed E-state index contributed by atoms with van der Waals surface area (Å²) in [6.07, 6.45) is 4.44. The van der Waals surface area contributed by atoms with Crippen molar-refractivity contribution >= 4 is 39.2 Å². The highest BCUT2D eigenvalue weighted by atomic mass is 35.5. The summed E-state index contributed by atoms with van der Waals surface area (Å²) in [6.45, 7) is 0. The molecule has 0 radical (unpaired) electrons. The van der Waals surface area contributed by atoms with Gasteiger partial charge in [0, 0.05) is 10.6 Å². The van der Waals surface area contributed by atoms with Gasteiger partial charge in [-0.15, -0.1) is 5.10 Å². The lowest BCUT2D eigenvalue weighted by molar-refractivity contribution is 0.102. The number of nitrogens with one attached hydrogen (secondary N) is 2. The second-order valence-electron chi connectivity index (χ2n) is 8.16. The molecule has 0 fully saturated rings. The van der Waals surface area contributed by atoms with E-state index >= 15 is 0 Å². The average Bonchev–Trinajstić information content (AvgIpc) is 3.32. The molecule has 1 aliphatic carbocycles. The SMILES string of the molecule is O=C(Nc1nnc(-c2ccc3c(c2)CCCC3)o1)c1ccccc1NS(=O)(=O)c1ccc(Cl)cc1. The van der Waals surface area contributed by atoms with E-state index in [1.165, 1.54) is 53.9 Å². The third kappa shape index (κ3) is 5.06. The molecule has 0 saturated carbocycles. The molecule has 1 aliphatic rings. The first kappa shape index (κ1) is 23.1. The van der Waals surface area contributed by atoms with E-state index < -0.39 is 15.9 Å². The van der Waals surface area contributed by atoms with Crippen LogP contribution in [-0.4, -0.2) is 24.5 Å². The highest BCUT2D eigenvalue weighted by Crippen LogP contribution is 2.28. The number of carbonyl (C=O) groups is 1. The Labute approximate surface area is 207 Å². The van der Waals surface area contributed by atoms with E-state index in [-0.39, 0.29) is 22.2 Å². The van der Waals surface area contributed by atoms with Gasteiger partial charge >= 0.3 is 6.01 Å². The van der Waals surface area contributed by atoms with E-state index in [0.717, 1.165) is 24.8 Å². The molecule has 0 unspecified atom stereocenters. The first-order valence-corrected chi connectivity index (χ1v) is 12.9. The predicted octanol–water partition coefficient (Wildman–Crippen LogP) is 5.32. The first-order chi connectivity index (χ1) is 16.9. The summed E-state index contributed by atoms with van der Waals surface area (Å²) in [5, 5.41) is 11.0. The Bertz CT molecular complexity index is 1500. The van der Waals surface area contributed by atoms with Crippen molar-refractivity contribution in [3.8, 4) is 11.5 Å². The van der Waals surface area contributed by atoms with Crippen LogP contribution in [0.3, 0.4) is 0 Å². The van der Waals surface area contributed by atoms with Crippen molar-refractivity contribution in [3.05, 3.63) is 88.4 Å². The van der Waals surface area contributed by atoms with Crippen LogP contribution >= 0.6 is 11.6 Å². The van der Waals surface area contributed by atoms with E-state index in [4.69, 9.17) is 16.0 Å². The fourth-order valence-electron chi connectivity index (χ4n) is 4.01. The Morgan fingerprint density at radius 2 is 1.66 bits per heavy atom. The second kappa shape index (κ2) is 9.52. The molecule has 0 bridgehead atoms. The summed E-state index contributed by atoms with van der Waals surface area (Å²) >= 11 is 5.85. The van der Waals surface area contributed by atoms with E-state index in [1.54, 1.807) is 12.1 Å². The smallest absolute Gasteiger partial charge is 0.322 e. The van der Waals surface area contributed by atoms with Crippen molar-refractivity contribution in [2.24, 2.45) is 0 Å². The summed E-state index contributed by atoms with van der Waals surface area (Å²) in [6, 6.07) is 17.9. The molecule has 1 heterocycles. The maximum Gasteiger partial charge on any atom is 0.322 e. The Kier molecular flexibility index (Phi) is 6.27. The van der Waals surface area contributed by atoms with Gasteiger partial charge in [-0.25, -0.2) is 8.42 Å². The number of aryl methyl sites for hydroxylation is 2. The Hall–Kier alpha value is -3.69. The highest BCUT2D eigenvalue weighted by Gasteiger charge is 2.20. The van der Waals surface area contributed by atoms with Crippen molar-refractivity contribution in [2.75, 3.05) is 10.0 Å². The van der Waals surface area contributed by atoms with Gasteiger partial charge in [0.2, 0.25) is 5.89 Å². The lowest BCUT2D eigenvalue weighted by atomic mass is 9.90. The number of hydrogen-bond acceptors (Lipinski definition) is 6. The fraction of sp³-hybridized carbons (Fsp3) is 0.160. The quantitative estimate of drug-likeness (QED) is 0.364. The molecule has 5 rings (SSSR count). The normalized spacial score (nSPS) is 13.2. The van der Waals surface area contributed by atoms with Crippen molar-refractivity contribution in [1.29, 1.82) is 0 Å². The lowest BCUT2D eigenvalue weighted by Crippen LogP contribution is -2.18. The summed E-state index contributed by atoms with van der Waals surface area (Å²) in [7, 11) is -3.94.